The fraction of sp³-hybridized carbons (Fsp3) is 0.182. The molecule has 6 heteroatoms. The van der Waals surface area contributed by atoms with Crippen molar-refractivity contribution in [2.75, 3.05) is 7.11 Å². The summed E-state index contributed by atoms with van der Waals surface area (Å²) in [6, 6.07) is 6.74. The third-order valence-electron chi connectivity index (χ3n) is 1.89. The molecular weight excluding hydrogens is 306 g/mol. The van der Waals surface area contributed by atoms with Gasteiger partial charge in [0.05, 0.1) is 7.11 Å². The third kappa shape index (κ3) is 4.40. The van der Waals surface area contributed by atoms with Crippen LogP contribution in [0.4, 0.5) is 0 Å². The van der Waals surface area contributed by atoms with Crippen molar-refractivity contribution in [1.82, 2.24) is 0 Å². The van der Waals surface area contributed by atoms with Gasteiger partial charge in [-0.2, -0.15) is 0 Å². The lowest BCUT2D eigenvalue weighted by atomic mass is 10.1. The molecule has 0 bridgehead atoms. The first-order chi connectivity index (χ1) is 7.84. The van der Waals surface area contributed by atoms with Crippen molar-refractivity contribution in [2.24, 2.45) is 0 Å². The number of methoxy groups -OCH3 is 1. The molecule has 0 radical (unpaired) electrons. The molecule has 2 nitrogen and oxygen atoms in total. The van der Waals surface area contributed by atoms with Gasteiger partial charge in [-0.3, -0.25) is 4.79 Å². The molecule has 0 aliphatic carbocycles. The average Bonchev–Trinajstić information content (AvgIpc) is 2.25. The smallest absolute Gasteiger partial charge is 0.252 e. The molecule has 0 atom stereocenters. The van der Waals surface area contributed by atoms with Crippen LogP contribution in [0.25, 0.3) is 5.76 Å². The summed E-state index contributed by atoms with van der Waals surface area (Å²) in [5.74, 6) is -0.368. The summed E-state index contributed by atoms with van der Waals surface area (Å²) in [7, 11) is 1.42. The van der Waals surface area contributed by atoms with Crippen LogP contribution < -0.4 is 0 Å². The first-order valence-electron chi connectivity index (χ1n) is 4.47. The number of benzene rings is 1. The molecule has 0 spiro atoms. The van der Waals surface area contributed by atoms with Crippen molar-refractivity contribution in [2.45, 2.75) is 3.79 Å². The highest BCUT2D eigenvalue weighted by atomic mass is 35.6. The lowest BCUT2D eigenvalue weighted by molar-refractivity contribution is -0.113. The number of rotatable bonds is 3. The molecule has 0 amide bonds. The highest BCUT2D eigenvalue weighted by molar-refractivity contribution is 6.77. The van der Waals surface area contributed by atoms with Crippen molar-refractivity contribution >= 4 is 57.9 Å². The number of allylic oxidation sites excluding steroid dienone is 1. The second kappa shape index (κ2) is 5.96. The van der Waals surface area contributed by atoms with Crippen LogP contribution in [-0.4, -0.2) is 16.7 Å². The first-order valence-corrected chi connectivity index (χ1v) is 5.98. The third-order valence-corrected chi connectivity index (χ3v) is 2.70. The number of ether oxygens (including phenoxy) is 1. The van der Waals surface area contributed by atoms with Gasteiger partial charge < -0.3 is 4.74 Å². The summed E-state index contributed by atoms with van der Waals surface area (Å²) in [5.41, 5.74) is 0.666. The fourth-order valence-electron chi connectivity index (χ4n) is 1.08. The van der Waals surface area contributed by atoms with Crippen LogP contribution in [0.3, 0.4) is 0 Å². The minimum absolute atomic E-state index is 0.304. The van der Waals surface area contributed by atoms with Gasteiger partial charge in [-0.25, -0.2) is 0 Å². The van der Waals surface area contributed by atoms with E-state index in [1.54, 1.807) is 24.3 Å². The standard InChI is InChI=1S/C11H8Cl4O2/c1-17-9(6-10(16)11(13,14)15)7-2-4-8(12)5-3-7/h2-6H,1H3/b9-6+. The molecule has 1 rings (SSSR count). The number of alkyl halides is 3. The second-order valence-electron chi connectivity index (χ2n) is 3.08. The van der Waals surface area contributed by atoms with Gasteiger partial charge in [-0.05, 0) is 24.3 Å². The average molecular weight is 314 g/mol. The number of carbonyl (C=O) groups excluding carboxylic acids is 1. The quantitative estimate of drug-likeness (QED) is 0.473. The first kappa shape index (κ1) is 14.7. The molecule has 0 saturated carbocycles. The number of carbonyl (C=O) groups is 1. The van der Waals surface area contributed by atoms with E-state index in [2.05, 4.69) is 0 Å². The summed E-state index contributed by atoms with van der Waals surface area (Å²) in [6.07, 6.45) is 1.14. The Labute approximate surface area is 119 Å². The number of halogens is 4. The molecule has 17 heavy (non-hydrogen) atoms. The van der Waals surface area contributed by atoms with Gasteiger partial charge in [0.1, 0.15) is 5.76 Å². The van der Waals surface area contributed by atoms with Crippen molar-refractivity contribution in [3.63, 3.8) is 0 Å². The van der Waals surface area contributed by atoms with E-state index in [1.807, 2.05) is 0 Å². The highest BCUT2D eigenvalue weighted by Crippen LogP contribution is 2.29. The van der Waals surface area contributed by atoms with Gasteiger partial charge in [0.2, 0.25) is 5.78 Å². The molecule has 0 N–H and O–H groups in total. The van der Waals surface area contributed by atoms with E-state index in [-0.39, 0.29) is 0 Å². The Morgan fingerprint density at radius 2 is 1.76 bits per heavy atom. The maximum atomic E-state index is 11.5. The van der Waals surface area contributed by atoms with Crippen molar-refractivity contribution in [3.8, 4) is 0 Å². The molecular formula is C11H8Cl4O2. The topological polar surface area (TPSA) is 26.3 Å². The lowest BCUT2D eigenvalue weighted by Crippen LogP contribution is -2.16. The second-order valence-corrected chi connectivity index (χ2v) is 5.80. The fourth-order valence-corrected chi connectivity index (χ4v) is 1.36. The van der Waals surface area contributed by atoms with E-state index in [4.69, 9.17) is 51.1 Å². The lowest BCUT2D eigenvalue weighted by Gasteiger charge is -2.09. The van der Waals surface area contributed by atoms with Crippen molar-refractivity contribution in [1.29, 1.82) is 0 Å². The Bertz CT molecular complexity index is 432. The van der Waals surface area contributed by atoms with E-state index in [1.165, 1.54) is 7.11 Å². The van der Waals surface area contributed by atoms with Gasteiger partial charge in [-0.1, -0.05) is 46.4 Å². The van der Waals surface area contributed by atoms with Gasteiger partial charge >= 0.3 is 0 Å². The van der Waals surface area contributed by atoms with E-state index in [0.29, 0.717) is 16.3 Å². The Kier molecular flexibility index (Phi) is 5.14. The zero-order chi connectivity index (χ0) is 13.1. The van der Waals surface area contributed by atoms with Crippen LogP contribution in [0, 0.1) is 0 Å². The normalized spacial score (nSPS) is 12.4. The zero-order valence-corrected chi connectivity index (χ0v) is 11.7. The van der Waals surface area contributed by atoms with Crippen molar-refractivity contribution in [3.05, 3.63) is 40.9 Å². The zero-order valence-electron chi connectivity index (χ0n) is 8.72. The number of hydrogen-bond donors (Lipinski definition) is 0. The summed E-state index contributed by atoms with van der Waals surface area (Å²) < 4.78 is 3.07. The molecule has 92 valence electrons. The molecule has 0 aliphatic heterocycles. The van der Waals surface area contributed by atoms with Crippen LogP contribution in [-0.2, 0) is 9.53 Å². The minimum Gasteiger partial charge on any atom is -0.496 e. The number of hydrogen-bond acceptors (Lipinski definition) is 2. The molecule has 0 fully saturated rings. The monoisotopic (exact) mass is 312 g/mol. The Hall–Kier alpha value is -0.410. The highest BCUT2D eigenvalue weighted by Gasteiger charge is 2.29. The molecule has 1 aromatic carbocycles. The molecule has 0 unspecified atom stereocenters. The molecule has 0 aromatic heterocycles. The van der Waals surface area contributed by atoms with Gasteiger partial charge in [0.25, 0.3) is 3.79 Å². The summed E-state index contributed by atoms with van der Waals surface area (Å²) >= 11 is 22.1. The molecule has 0 saturated heterocycles. The SMILES string of the molecule is CO/C(=C/C(=O)C(Cl)(Cl)Cl)c1ccc(Cl)cc1. The Morgan fingerprint density at radius 3 is 2.18 bits per heavy atom. The van der Waals surface area contributed by atoms with Crippen molar-refractivity contribution < 1.29 is 9.53 Å². The number of ketones is 1. The van der Waals surface area contributed by atoms with E-state index < -0.39 is 9.58 Å². The largest absolute Gasteiger partial charge is 0.496 e. The molecule has 0 heterocycles. The maximum Gasteiger partial charge on any atom is 0.252 e. The van der Waals surface area contributed by atoms with Gasteiger partial charge in [0, 0.05) is 16.7 Å². The summed E-state index contributed by atoms with van der Waals surface area (Å²) in [6.45, 7) is 0. The van der Waals surface area contributed by atoms with E-state index >= 15 is 0 Å². The minimum atomic E-state index is -1.99. The maximum absolute atomic E-state index is 11.5. The van der Waals surface area contributed by atoms with Gasteiger partial charge in [-0.15, -0.1) is 0 Å². The summed E-state index contributed by atoms with van der Waals surface area (Å²) in [4.78, 5) is 11.5. The van der Waals surface area contributed by atoms with Crippen LogP contribution >= 0.6 is 46.4 Å². The van der Waals surface area contributed by atoms with E-state index in [0.717, 1.165) is 6.08 Å². The van der Waals surface area contributed by atoms with Crippen LogP contribution in [0.2, 0.25) is 5.02 Å². The Balaban J connectivity index is 3.04. The summed E-state index contributed by atoms with van der Waals surface area (Å²) in [5, 5.41) is 0.580. The van der Waals surface area contributed by atoms with Crippen LogP contribution in [0.15, 0.2) is 30.3 Å². The van der Waals surface area contributed by atoms with Gasteiger partial charge in [0.15, 0.2) is 0 Å². The van der Waals surface area contributed by atoms with E-state index in [9.17, 15) is 4.79 Å². The van der Waals surface area contributed by atoms with Crippen LogP contribution in [0.5, 0.6) is 0 Å². The van der Waals surface area contributed by atoms with Crippen LogP contribution in [0.1, 0.15) is 5.56 Å². The Morgan fingerprint density at radius 1 is 1.24 bits per heavy atom. The predicted octanol–water partition coefficient (Wildman–Crippen LogP) is 4.27. The molecule has 1 aromatic rings. The predicted molar refractivity (Wildman–Crippen MR) is 71.7 cm³/mol. The molecule has 0 aliphatic rings.